The third kappa shape index (κ3) is 9.40. The summed E-state index contributed by atoms with van der Waals surface area (Å²) in [5.74, 6) is -0.243. The SMILES string of the molecule is CC(C)C(NC(=O)C[C@@H](C(=O)NC[C@@H](O)[C@@H](N)Cc1ccccc1)C(C)(C)C)C(C)C. The van der Waals surface area contributed by atoms with Crippen LogP contribution in [0.4, 0.5) is 0 Å². The fourth-order valence-electron chi connectivity index (χ4n) is 3.83. The van der Waals surface area contributed by atoms with Crippen molar-refractivity contribution in [3.63, 3.8) is 0 Å². The summed E-state index contributed by atoms with van der Waals surface area (Å²) in [5.41, 5.74) is 6.76. The summed E-state index contributed by atoms with van der Waals surface area (Å²) in [6, 6.07) is 9.28. The van der Waals surface area contributed by atoms with Crippen molar-refractivity contribution in [2.75, 3.05) is 6.54 Å². The Bertz CT molecular complexity index is 675. The Balaban J connectivity index is 2.68. The monoisotopic (exact) mass is 433 g/mol. The lowest BCUT2D eigenvalue weighted by Gasteiger charge is -2.32. The smallest absolute Gasteiger partial charge is 0.224 e. The molecule has 0 aliphatic carbocycles. The van der Waals surface area contributed by atoms with Crippen LogP contribution >= 0.6 is 0 Å². The van der Waals surface area contributed by atoms with E-state index in [-0.39, 0.29) is 30.8 Å². The highest BCUT2D eigenvalue weighted by atomic mass is 16.3. The molecule has 0 unspecified atom stereocenters. The van der Waals surface area contributed by atoms with Gasteiger partial charge in [0.2, 0.25) is 11.8 Å². The van der Waals surface area contributed by atoms with Gasteiger partial charge in [0.1, 0.15) is 0 Å². The van der Waals surface area contributed by atoms with E-state index in [0.29, 0.717) is 18.3 Å². The minimum Gasteiger partial charge on any atom is -0.390 e. The summed E-state index contributed by atoms with van der Waals surface area (Å²) in [5, 5.41) is 16.3. The molecular formula is C25H43N3O3. The number of carbonyl (C=O) groups is 2. The van der Waals surface area contributed by atoms with E-state index in [4.69, 9.17) is 5.73 Å². The van der Waals surface area contributed by atoms with Gasteiger partial charge in [-0.25, -0.2) is 0 Å². The molecule has 0 spiro atoms. The summed E-state index contributed by atoms with van der Waals surface area (Å²) in [7, 11) is 0. The first-order valence-corrected chi connectivity index (χ1v) is 11.4. The van der Waals surface area contributed by atoms with Crippen molar-refractivity contribution in [2.45, 2.75) is 79.5 Å². The molecule has 5 N–H and O–H groups in total. The van der Waals surface area contributed by atoms with Gasteiger partial charge in [-0.15, -0.1) is 0 Å². The minimum absolute atomic E-state index is 0.0572. The van der Waals surface area contributed by atoms with Crippen LogP contribution in [0.15, 0.2) is 30.3 Å². The second-order valence-electron chi connectivity index (χ2n) is 10.4. The summed E-state index contributed by atoms with van der Waals surface area (Å²) in [4.78, 5) is 25.6. The number of benzene rings is 1. The molecule has 0 saturated carbocycles. The van der Waals surface area contributed by atoms with Crippen LogP contribution < -0.4 is 16.4 Å². The van der Waals surface area contributed by atoms with Crippen LogP contribution in [0.2, 0.25) is 0 Å². The van der Waals surface area contributed by atoms with Gasteiger partial charge >= 0.3 is 0 Å². The van der Waals surface area contributed by atoms with Gasteiger partial charge in [-0.1, -0.05) is 78.8 Å². The molecule has 1 aromatic carbocycles. The van der Waals surface area contributed by atoms with Gasteiger partial charge in [0.25, 0.3) is 0 Å². The van der Waals surface area contributed by atoms with E-state index in [1.807, 2.05) is 51.1 Å². The first kappa shape index (κ1) is 27.1. The minimum atomic E-state index is -0.870. The van der Waals surface area contributed by atoms with Gasteiger partial charge in [0, 0.05) is 25.0 Å². The number of hydrogen-bond acceptors (Lipinski definition) is 4. The zero-order valence-corrected chi connectivity index (χ0v) is 20.3. The van der Waals surface area contributed by atoms with E-state index in [1.54, 1.807) is 0 Å². The molecule has 1 rings (SSSR count). The number of nitrogens with two attached hydrogens (primary N) is 1. The van der Waals surface area contributed by atoms with Crippen LogP contribution in [-0.4, -0.2) is 41.7 Å². The maximum absolute atomic E-state index is 12.9. The Kier molecular flexibility index (Phi) is 10.7. The van der Waals surface area contributed by atoms with Crippen LogP contribution in [0, 0.1) is 23.2 Å². The number of rotatable bonds is 11. The fraction of sp³-hybridized carbons (Fsp3) is 0.680. The molecule has 1 aromatic rings. The van der Waals surface area contributed by atoms with Gasteiger partial charge in [0.05, 0.1) is 12.0 Å². The Morgan fingerprint density at radius 2 is 1.58 bits per heavy atom. The topological polar surface area (TPSA) is 104 Å². The van der Waals surface area contributed by atoms with E-state index in [9.17, 15) is 14.7 Å². The number of aliphatic hydroxyl groups excluding tert-OH is 1. The molecule has 0 aliphatic rings. The highest BCUT2D eigenvalue weighted by Crippen LogP contribution is 2.29. The molecule has 3 atom stereocenters. The molecule has 31 heavy (non-hydrogen) atoms. The van der Waals surface area contributed by atoms with Crippen LogP contribution in [-0.2, 0) is 16.0 Å². The molecule has 6 nitrogen and oxygen atoms in total. The van der Waals surface area contributed by atoms with Crippen molar-refractivity contribution in [3.8, 4) is 0 Å². The lowest BCUT2D eigenvalue weighted by molar-refractivity contribution is -0.134. The Morgan fingerprint density at radius 1 is 1.03 bits per heavy atom. The molecule has 6 heteroatoms. The van der Waals surface area contributed by atoms with Gasteiger partial charge in [-0.2, -0.15) is 0 Å². The van der Waals surface area contributed by atoms with Crippen molar-refractivity contribution in [2.24, 2.45) is 28.9 Å². The molecule has 0 aromatic heterocycles. The van der Waals surface area contributed by atoms with Crippen LogP contribution in [0.1, 0.15) is 60.5 Å². The lowest BCUT2D eigenvalue weighted by atomic mass is 9.77. The van der Waals surface area contributed by atoms with Crippen LogP contribution in [0.25, 0.3) is 0 Å². The predicted molar refractivity (Wildman–Crippen MR) is 126 cm³/mol. The van der Waals surface area contributed by atoms with Crippen molar-refractivity contribution in [1.82, 2.24) is 10.6 Å². The van der Waals surface area contributed by atoms with E-state index in [0.717, 1.165) is 5.56 Å². The molecule has 0 bridgehead atoms. The summed E-state index contributed by atoms with van der Waals surface area (Å²) < 4.78 is 0. The molecule has 0 fully saturated rings. The Morgan fingerprint density at radius 3 is 2.06 bits per heavy atom. The molecular weight excluding hydrogens is 390 g/mol. The molecule has 0 saturated heterocycles. The van der Waals surface area contributed by atoms with Crippen LogP contribution in [0.3, 0.4) is 0 Å². The van der Waals surface area contributed by atoms with Crippen molar-refractivity contribution >= 4 is 11.8 Å². The van der Waals surface area contributed by atoms with Gasteiger partial charge in [-0.3, -0.25) is 9.59 Å². The maximum Gasteiger partial charge on any atom is 0.224 e. The quantitative estimate of drug-likeness (QED) is 0.431. The molecule has 0 aliphatic heterocycles. The van der Waals surface area contributed by atoms with Crippen molar-refractivity contribution in [3.05, 3.63) is 35.9 Å². The van der Waals surface area contributed by atoms with Crippen LogP contribution in [0.5, 0.6) is 0 Å². The van der Waals surface area contributed by atoms with E-state index < -0.39 is 23.5 Å². The highest BCUT2D eigenvalue weighted by Gasteiger charge is 2.34. The predicted octanol–water partition coefficient (Wildman–Crippen LogP) is 2.88. The highest BCUT2D eigenvalue weighted by molar-refractivity contribution is 5.86. The summed E-state index contributed by atoms with van der Waals surface area (Å²) in [6.45, 7) is 14.2. The first-order chi connectivity index (χ1) is 14.3. The molecule has 2 amide bonds. The average Bonchev–Trinajstić information content (AvgIpc) is 2.67. The van der Waals surface area contributed by atoms with E-state index in [2.05, 4.69) is 38.3 Å². The zero-order chi connectivity index (χ0) is 23.8. The third-order valence-corrected chi connectivity index (χ3v) is 5.81. The molecule has 0 radical (unpaired) electrons. The lowest BCUT2D eigenvalue weighted by Crippen LogP contribution is -2.49. The number of amides is 2. The first-order valence-electron chi connectivity index (χ1n) is 11.4. The van der Waals surface area contributed by atoms with Gasteiger partial charge < -0.3 is 21.5 Å². The zero-order valence-electron chi connectivity index (χ0n) is 20.3. The third-order valence-electron chi connectivity index (χ3n) is 5.81. The number of aliphatic hydroxyl groups is 1. The van der Waals surface area contributed by atoms with Crippen molar-refractivity contribution in [1.29, 1.82) is 0 Å². The standard InChI is InChI=1S/C25H43N3O3/c1-16(2)23(17(3)4)28-22(30)14-19(25(5,6)7)24(31)27-15-21(29)20(26)13-18-11-9-8-10-12-18/h8-12,16-17,19-21,23,29H,13-15,26H2,1-7H3,(H,27,31)(H,28,30)/t19-,20-,21+/m0/s1. The Hall–Kier alpha value is -1.92. The summed E-state index contributed by atoms with van der Waals surface area (Å²) >= 11 is 0. The number of hydrogen-bond donors (Lipinski definition) is 4. The van der Waals surface area contributed by atoms with E-state index >= 15 is 0 Å². The second-order valence-corrected chi connectivity index (χ2v) is 10.4. The number of nitrogens with one attached hydrogen (secondary N) is 2. The number of carbonyl (C=O) groups excluding carboxylic acids is 2. The fourth-order valence-corrected chi connectivity index (χ4v) is 3.83. The average molecular weight is 434 g/mol. The van der Waals surface area contributed by atoms with Gasteiger partial charge in [-0.05, 0) is 29.2 Å². The van der Waals surface area contributed by atoms with Gasteiger partial charge in [0.15, 0.2) is 0 Å². The maximum atomic E-state index is 12.9. The Labute approximate surface area is 188 Å². The molecule has 0 heterocycles. The van der Waals surface area contributed by atoms with E-state index in [1.165, 1.54) is 0 Å². The summed E-state index contributed by atoms with van der Waals surface area (Å²) in [6.07, 6.45) is -0.239. The largest absolute Gasteiger partial charge is 0.390 e. The normalized spacial score (nSPS) is 15.1. The second kappa shape index (κ2) is 12.2. The molecule has 176 valence electrons. The van der Waals surface area contributed by atoms with Crippen molar-refractivity contribution < 1.29 is 14.7 Å².